The highest BCUT2D eigenvalue weighted by Crippen LogP contribution is 2.20. The van der Waals surface area contributed by atoms with Crippen molar-refractivity contribution in [2.24, 2.45) is 0 Å². The summed E-state index contributed by atoms with van der Waals surface area (Å²) in [6, 6.07) is 13.1. The number of aromatic nitrogens is 3. The Morgan fingerprint density at radius 3 is 2.69 bits per heavy atom. The van der Waals surface area contributed by atoms with Crippen molar-refractivity contribution in [3.63, 3.8) is 0 Å². The minimum Gasteiger partial charge on any atom is -0.377 e. The molecule has 2 heterocycles. The van der Waals surface area contributed by atoms with Crippen LogP contribution in [-0.2, 0) is 20.9 Å². The number of rotatable bonds is 7. The molecule has 3 amide bonds. The Kier molecular flexibility index (Phi) is 6.22. The second-order valence-electron chi connectivity index (χ2n) is 7.26. The van der Waals surface area contributed by atoms with Gasteiger partial charge < -0.3 is 20.7 Å². The maximum Gasteiger partial charge on any atom is 0.254 e. The summed E-state index contributed by atoms with van der Waals surface area (Å²) in [6.07, 6.45) is 0.243. The number of para-hydroxylation sites is 1. The van der Waals surface area contributed by atoms with E-state index < -0.39 is 6.04 Å². The molecule has 0 saturated heterocycles. The normalized spacial score (nSPS) is 15.3. The third kappa shape index (κ3) is 4.81. The van der Waals surface area contributed by atoms with Crippen molar-refractivity contribution in [3.8, 4) is 11.4 Å². The van der Waals surface area contributed by atoms with E-state index in [0.717, 1.165) is 5.56 Å². The molecule has 164 valence electrons. The summed E-state index contributed by atoms with van der Waals surface area (Å²) in [4.78, 5) is 41.5. The summed E-state index contributed by atoms with van der Waals surface area (Å²) in [5, 5.41) is 15.1. The van der Waals surface area contributed by atoms with Crippen LogP contribution in [0.3, 0.4) is 0 Å². The highest BCUT2D eigenvalue weighted by atomic mass is 16.5. The summed E-state index contributed by atoms with van der Waals surface area (Å²) >= 11 is 0. The molecular formula is C22H22N6O4. The molecule has 0 bridgehead atoms. The number of fused-ring (bicyclic) bond motifs is 1. The van der Waals surface area contributed by atoms with Gasteiger partial charge in [-0.15, -0.1) is 0 Å². The first-order valence-corrected chi connectivity index (χ1v) is 10.0. The monoisotopic (exact) mass is 434 g/mol. The Balaban J connectivity index is 1.32. The first-order valence-electron chi connectivity index (χ1n) is 10.0. The molecule has 2 aromatic carbocycles. The van der Waals surface area contributed by atoms with Crippen molar-refractivity contribution < 1.29 is 19.1 Å². The van der Waals surface area contributed by atoms with Gasteiger partial charge in [0.1, 0.15) is 12.6 Å². The highest BCUT2D eigenvalue weighted by Gasteiger charge is 2.27. The lowest BCUT2D eigenvalue weighted by Gasteiger charge is -2.14. The second-order valence-corrected chi connectivity index (χ2v) is 7.26. The summed E-state index contributed by atoms with van der Waals surface area (Å²) < 4.78 is 5.01. The van der Waals surface area contributed by atoms with Crippen LogP contribution in [0.15, 0.2) is 48.5 Å². The molecule has 4 N–H and O–H groups in total. The molecule has 32 heavy (non-hydrogen) atoms. The zero-order valence-corrected chi connectivity index (χ0v) is 17.3. The number of benzene rings is 2. The van der Waals surface area contributed by atoms with Crippen molar-refractivity contribution in [1.29, 1.82) is 0 Å². The molecule has 1 aromatic heterocycles. The van der Waals surface area contributed by atoms with E-state index in [9.17, 15) is 14.4 Å². The van der Waals surface area contributed by atoms with Crippen molar-refractivity contribution >= 4 is 29.1 Å². The number of amides is 3. The molecule has 0 spiro atoms. The molecule has 3 aromatic rings. The van der Waals surface area contributed by atoms with E-state index in [1.165, 1.54) is 0 Å². The average Bonchev–Trinajstić information content (AvgIpc) is 3.21. The lowest BCUT2D eigenvalue weighted by atomic mass is 10.1. The second kappa shape index (κ2) is 9.40. The van der Waals surface area contributed by atoms with E-state index in [1.807, 2.05) is 0 Å². The van der Waals surface area contributed by atoms with Gasteiger partial charge in [-0.1, -0.05) is 12.1 Å². The fourth-order valence-corrected chi connectivity index (χ4v) is 3.34. The summed E-state index contributed by atoms with van der Waals surface area (Å²) in [6.45, 7) is 0.340. The van der Waals surface area contributed by atoms with Gasteiger partial charge >= 0.3 is 0 Å². The molecule has 0 saturated carbocycles. The number of anilines is 2. The largest absolute Gasteiger partial charge is 0.377 e. The number of carbonyl (C=O) groups is 3. The number of aromatic amines is 1. The van der Waals surface area contributed by atoms with Crippen LogP contribution in [0, 0.1) is 0 Å². The lowest BCUT2D eigenvalue weighted by Crippen LogP contribution is -2.41. The van der Waals surface area contributed by atoms with Crippen molar-refractivity contribution in [1.82, 2.24) is 20.5 Å². The molecule has 1 atom stereocenters. The van der Waals surface area contributed by atoms with E-state index in [0.29, 0.717) is 35.2 Å². The van der Waals surface area contributed by atoms with Gasteiger partial charge in [0.25, 0.3) is 5.91 Å². The predicted octanol–water partition coefficient (Wildman–Crippen LogP) is 2.09. The van der Waals surface area contributed by atoms with E-state index in [4.69, 9.17) is 4.74 Å². The summed E-state index contributed by atoms with van der Waals surface area (Å²) in [7, 11) is 1.58. The maximum absolute atomic E-state index is 12.4. The zero-order valence-electron chi connectivity index (χ0n) is 17.3. The number of nitrogens with one attached hydrogen (secondary N) is 4. The number of ether oxygens (including phenoxy) is 1. The summed E-state index contributed by atoms with van der Waals surface area (Å²) in [5.74, 6) is 0.200. The third-order valence-electron chi connectivity index (χ3n) is 4.95. The van der Waals surface area contributed by atoms with Crippen molar-refractivity contribution in [2.45, 2.75) is 25.5 Å². The van der Waals surface area contributed by atoms with Gasteiger partial charge in [0.15, 0.2) is 11.6 Å². The van der Waals surface area contributed by atoms with Crippen molar-refractivity contribution in [3.05, 3.63) is 59.9 Å². The van der Waals surface area contributed by atoms with Gasteiger partial charge in [-0.3, -0.25) is 19.5 Å². The SMILES string of the molecule is COCc1nc(-c2ccc(NC(=O)CC[C@H]3NC(=O)c4ccccc4NC3=O)cc2)n[nH]1. The van der Waals surface area contributed by atoms with Crippen LogP contribution in [0.1, 0.15) is 29.0 Å². The van der Waals surface area contributed by atoms with Crippen LogP contribution in [0.2, 0.25) is 0 Å². The van der Waals surface area contributed by atoms with Crippen LogP contribution in [0.5, 0.6) is 0 Å². The van der Waals surface area contributed by atoms with Crippen LogP contribution in [0.4, 0.5) is 11.4 Å². The Hall–Kier alpha value is -4.05. The lowest BCUT2D eigenvalue weighted by molar-refractivity contribution is -0.118. The topological polar surface area (TPSA) is 138 Å². The molecule has 0 aliphatic carbocycles. The number of methoxy groups -OCH3 is 1. The Bertz CT molecular complexity index is 1140. The molecule has 10 heteroatoms. The molecule has 0 fully saturated rings. The fraction of sp³-hybridized carbons (Fsp3) is 0.227. The van der Waals surface area contributed by atoms with E-state index in [2.05, 4.69) is 31.1 Å². The Morgan fingerprint density at radius 2 is 1.91 bits per heavy atom. The first kappa shape index (κ1) is 21.2. The van der Waals surface area contributed by atoms with Crippen LogP contribution in [-0.4, -0.2) is 46.1 Å². The van der Waals surface area contributed by atoms with Gasteiger partial charge in [0, 0.05) is 24.8 Å². The molecule has 1 aliphatic rings. The molecule has 1 aliphatic heterocycles. The molecule has 4 rings (SSSR count). The quantitative estimate of drug-likeness (QED) is 0.449. The minimum absolute atomic E-state index is 0.0672. The van der Waals surface area contributed by atoms with E-state index in [1.54, 1.807) is 55.6 Å². The fourth-order valence-electron chi connectivity index (χ4n) is 3.34. The number of carbonyl (C=O) groups excluding carboxylic acids is 3. The van der Waals surface area contributed by atoms with Gasteiger partial charge in [0.05, 0.1) is 11.3 Å². The van der Waals surface area contributed by atoms with Gasteiger partial charge in [-0.25, -0.2) is 4.98 Å². The molecular weight excluding hydrogens is 412 g/mol. The standard InChI is InChI=1S/C22H22N6O4/c1-32-12-18-26-20(28-27-18)13-6-8-14(9-7-13)23-19(29)11-10-17-22(31)24-16-5-3-2-4-15(16)21(30)25-17/h2-9,17H,10-12H2,1H3,(H,23,29)(H,24,31)(H,25,30)(H,26,27,28)/t17-/m1/s1. The van der Waals surface area contributed by atoms with E-state index in [-0.39, 0.29) is 30.6 Å². The first-order chi connectivity index (χ1) is 15.5. The summed E-state index contributed by atoms with van der Waals surface area (Å²) in [5.41, 5.74) is 2.25. The predicted molar refractivity (Wildman–Crippen MR) is 117 cm³/mol. The minimum atomic E-state index is -0.796. The Labute approximate surface area is 183 Å². The molecule has 0 radical (unpaired) electrons. The molecule has 0 unspecified atom stereocenters. The average molecular weight is 434 g/mol. The number of hydrogen-bond acceptors (Lipinski definition) is 6. The Morgan fingerprint density at radius 1 is 1.12 bits per heavy atom. The highest BCUT2D eigenvalue weighted by molar-refractivity contribution is 6.10. The maximum atomic E-state index is 12.4. The van der Waals surface area contributed by atoms with Crippen molar-refractivity contribution in [2.75, 3.05) is 17.7 Å². The smallest absolute Gasteiger partial charge is 0.254 e. The number of H-pyrrole nitrogens is 1. The molecule has 10 nitrogen and oxygen atoms in total. The number of nitrogens with zero attached hydrogens (tertiary/aromatic N) is 2. The van der Waals surface area contributed by atoms with Gasteiger partial charge in [0.2, 0.25) is 11.8 Å². The van der Waals surface area contributed by atoms with Crippen LogP contribution >= 0.6 is 0 Å². The van der Waals surface area contributed by atoms with Gasteiger partial charge in [-0.05, 0) is 42.8 Å². The van der Waals surface area contributed by atoms with E-state index >= 15 is 0 Å². The number of hydrogen-bond donors (Lipinski definition) is 4. The third-order valence-corrected chi connectivity index (χ3v) is 4.95. The van der Waals surface area contributed by atoms with Crippen LogP contribution in [0.25, 0.3) is 11.4 Å². The zero-order chi connectivity index (χ0) is 22.5. The van der Waals surface area contributed by atoms with Crippen LogP contribution < -0.4 is 16.0 Å². The van der Waals surface area contributed by atoms with Gasteiger partial charge in [-0.2, -0.15) is 5.10 Å².